The number of benzene rings is 7. The van der Waals surface area contributed by atoms with Gasteiger partial charge in [-0.2, -0.15) is 0 Å². The summed E-state index contributed by atoms with van der Waals surface area (Å²) in [7, 11) is 0. The third-order valence-electron chi connectivity index (χ3n) is 15.4. The highest BCUT2D eigenvalue weighted by molar-refractivity contribution is 6.06. The van der Waals surface area contributed by atoms with Crippen molar-refractivity contribution < 1.29 is 4.42 Å². The van der Waals surface area contributed by atoms with Crippen LogP contribution in [0.25, 0.3) is 55.3 Å². The fourth-order valence-corrected chi connectivity index (χ4v) is 13.4. The summed E-state index contributed by atoms with van der Waals surface area (Å²) in [6, 6.07) is 57.4. The van der Waals surface area contributed by atoms with E-state index in [2.05, 4.69) is 170 Å². The normalized spacial score (nSPS) is 24.2. The van der Waals surface area contributed by atoms with Crippen molar-refractivity contribution in [3.8, 4) is 33.4 Å². The third-order valence-corrected chi connectivity index (χ3v) is 15.4. The summed E-state index contributed by atoms with van der Waals surface area (Å²) < 4.78 is 6.55. The maximum atomic E-state index is 6.55. The molecule has 0 radical (unpaired) electrons. The Morgan fingerprint density at radius 3 is 1.93 bits per heavy atom. The Labute approximate surface area is 334 Å². The molecular formula is C55H45NO. The Morgan fingerprint density at radius 1 is 0.456 bits per heavy atom. The van der Waals surface area contributed by atoms with Crippen molar-refractivity contribution in [2.45, 2.75) is 56.8 Å². The Hall–Kier alpha value is -5.86. The molecule has 276 valence electrons. The van der Waals surface area contributed by atoms with Crippen LogP contribution in [0, 0.1) is 23.7 Å². The molecule has 2 nitrogen and oxygen atoms in total. The van der Waals surface area contributed by atoms with Gasteiger partial charge in [0.25, 0.3) is 0 Å². The van der Waals surface area contributed by atoms with Crippen molar-refractivity contribution in [3.05, 3.63) is 174 Å². The summed E-state index contributed by atoms with van der Waals surface area (Å²) in [5.41, 5.74) is 19.5. The van der Waals surface area contributed by atoms with Crippen molar-refractivity contribution in [2.75, 3.05) is 4.90 Å². The minimum absolute atomic E-state index is 0.0861. The van der Waals surface area contributed by atoms with Crippen LogP contribution in [0.5, 0.6) is 0 Å². The van der Waals surface area contributed by atoms with Crippen LogP contribution < -0.4 is 4.90 Å². The van der Waals surface area contributed by atoms with Crippen LogP contribution >= 0.6 is 0 Å². The van der Waals surface area contributed by atoms with Gasteiger partial charge in [-0.15, -0.1) is 0 Å². The molecule has 4 bridgehead atoms. The van der Waals surface area contributed by atoms with Gasteiger partial charge in [-0.1, -0.05) is 117 Å². The van der Waals surface area contributed by atoms with E-state index in [9.17, 15) is 0 Å². The minimum atomic E-state index is -0.108. The van der Waals surface area contributed by atoms with Gasteiger partial charge in [0.05, 0.1) is 0 Å². The highest BCUT2D eigenvalue weighted by Crippen LogP contribution is 2.70. The number of fused-ring (bicyclic) bond motifs is 9. The standard InChI is InChI=1S/C55H45NO/c1-54(2)47-16-8-6-13-42(47)43-22-19-39(31-50(43)54)56(40-20-23-45-44-14-7-9-18-51(44)57-52(45)32-40)38-21-24-48-46(30-38)53-41(35-11-4-3-5-12-35)15-10-17-49(53)55(48)36-26-33-25-34(28-36)29-37(55)27-33/h3-24,30-34,36-37H,25-29H2,1-2H3. The lowest BCUT2D eigenvalue weighted by atomic mass is 9.43. The van der Waals surface area contributed by atoms with Crippen LogP contribution in [0.1, 0.15) is 68.2 Å². The molecule has 14 rings (SSSR count). The van der Waals surface area contributed by atoms with Gasteiger partial charge < -0.3 is 9.32 Å². The quantitative estimate of drug-likeness (QED) is 0.179. The topological polar surface area (TPSA) is 16.4 Å². The zero-order valence-electron chi connectivity index (χ0n) is 32.6. The van der Waals surface area contributed by atoms with Gasteiger partial charge in [-0.05, 0) is 154 Å². The second-order valence-electron chi connectivity index (χ2n) is 18.5. The summed E-state index contributed by atoms with van der Waals surface area (Å²) in [5, 5.41) is 2.31. The second kappa shape index (κ2) is 11.4. The molecule has 1 aromatic heterocycles. The lowest BCUT2D eigenvalue weighted by molar-refractivity contribution is -0.0399. The molecule has 0 unspecified atom stereocenters. The van der Waals surface area contributed by atoms with Crippen molar-refractivity contribution in [1.29, 1.82) is 0 Å². The van der Waals surface area contributed by atoms with Crippen LogP contribution in [0.3, 0.4) is 0 Å². The maximum Gasteiger partial charge on any atom is 0.137 e. The highest BCUT2D eigenvalue weighted by Gasteiger charge is 2.61. The molecule has 0 N–H and O–H groups in total. The molecule has 2 heteroatoms. The maximum absolute atomic E-state index is 6.55. The van der Waals surface area contributed by atoms with Crippen LogP contribution in [0.2, 0.25) is 0 Å². The fourth-order valence-electron chi connectivity index (χ4n) is 13.4. The smallest absolute Gasteiger partial charge is 0.137 e. The Balaban J connectivity index is 1.06. The molecule has 4 fully saturated rings. The van der Waals surface area contributed by atoms with Gasteiger partial charge >= 0.3 is 0 Å². The first-order chi connectivity index (χ1) is 28.0. The molecule has 6 aliphatic carbocycles. The Bertz CT molecular complexity index is 2940. The van der Waals surface area contributed by atoms with Crippen LogP contribution in [-0.2, 0) is 10.8 Å². The fraction of sp³-hybridized carbons (Fsp3) is 0.236. The van der Waals surface area contributed by atoms with E-state index in [0.717, 1.165) is 39.5 Å². The lowest BCUT2D eigenvalue weighted by Crippen LogP contribution is -2.55. The van der Waals surface area contributed by atoms with Crippen molar-refractivity contribution in [3.63, 3.8) is 0 Å². The number of anilines is 3. The van der Waals surface area contributed by atoms with Crippen molar-refractivity contribution in [1.82, 2.24) is 0 Å². The summed E-state index contributed by atoms with van der Waals surface area (Å²) >= 11 is 0. The molecule has 4 saturated carbocycles. The first-order valence-electron chi connectivity index (χ1n) is 21.3. The van der Waals surface area contributed by atoms with E-state index in [4.69, 9.17) is 4.42 Å². The number of furan rings is 1. The van der Waals surface area contributed by atoms with Gasteiger partial charge in [-0.3, -0.25) is 0 Å². The second-order valence-corrected chi connectivity index (χ2v) is 18.5. The number of hydrogen-bond acceptors (Lipinski definition) is 2. The van der Waals surface area contributed by atoms with Gasteiger partial charge in [0, 0.05) is 44.7 Å². The molecule has 0 saturated heterocycles. The summed E-state index contributed by atoms with van der Waals surface area (Å²) in [5.74, 6) is 3.22. The zero-order valence-corrected chi connectivity index (χ0v) is 32.6. The van der Waals surface area contributed by atoms with Crippen LogP contribution in [0.4, 0.5) is 17.1 Å². The van der Waals surface area contributed by atoms with Crippen molar-refractivity contribution >= 4 is 39.0 Å². The molecule has 0 atom stereocenters. The van der Waals surface area contributed by atoms with E-state index >= 15 is 0 Å². The predicted octanol–water partition coefficient (Wildman–Crippen LogP) is 14.8. The van der Waals surface area contributed by atoms with E-state index in [0.29, 0.717) is 11.8 Å². The number of rotatable bonds is 4. The molecule has 1 heterocycles. The highest BCUT2D eigenvalue weighted by atomic mass is 16.3. The number of para-hydroxylation sites is 1. The monoisotopic (exact) mass is 735 g/mol. The molecule has 0 amide bonds. The first-order valence-corrected chi connectivity index (χ1v) is 21.3. The largest absolute Gasteiger partial charge is 0.456 e. The van der Waals surface area contributed by atoms with Gasteiger partial charge in [0.1, 0.15) is 11.2 Å². The molecular weight excluding hydrogens is 691 g/mol. The van der Waals surface area contributed by atoms with Gasteiger partial charge in [0.2, 0.25) is 0 Å². The Morgan fingerprint density at radius 2 is 1.09 bits per heavy atom. The molecule has 1 spiro atoms. The summed E-state index contributed by atoms with van der Waals surface area (Å²) in [4.78, 5) is 2.50. The van der Waals surface area contributed by atoms with E-state index in [1.165, 1.54) is 88.0 Å². The van der Waals surface area contributed by atoms with E-state index in [-0.39, 0.29) is 10.8 Å². The number of nitrogens with zero attached hydrogens (tertiary/aromatic N) is 1. The van der Waals surface area contributed by atoms with Gasteiger partial charge in [0.15, 0.2) is 0 Å². The molecule has 57 heavy (non-hydrogen) atoms. The molecule has 7 aromatic carbocycles. The summed E-state index contributed by atoms with van der Waals surface area (Å²) in [6.07, 6.45) is 6.96. The van der Waals surface area contributed by atoms with Gasteiger partial charge in [-0.25, -0.2) is 0 Å². The molecule has 6 aliphatic rings. The average molecular weight is 736 g/mol. The third kappa shape index (κ3) is 4.26. The van der Waals surface area contributed by atoms with Crippen molar-refractivity contribution in [2.24, 2.45) is 23.7 Å². The lowest BCUT2D eigenvalue weighted by Gasteiger charge is -2.61. The summed E-state index contributed by atoms with van der Waals surface area (Å²) in [6.45, 7) is 4.77. The first kappa shape index (κ1) is 32.2. The van der Waals surface area contributed by atoms with E-state index < -0.39 is 0 Å². The zero-order chi connectivity index (χ0) is 37.6. The van der Waals surface area contributed by atoms with E-state index in [1.54, 1.807) is 11.1 Å². The molecule has 0 aliphatic heterocycles. The average Bonchev–Trinajstić information content (AvgIpc) is 3.83. The minimum Gasteiger partial charge on any atom is -0.456 e. The Kier molecular flexibility index (Phi) is 6.44. The SMILES string of the molecule is CC1(C)c2ccccc2-c2ccc(N(c3ccc4c(c3)-c3c(-c5ccccc5)cccc3C43C4CC5CC(C4)CC3C5)c3ccc4c(c3)oc3ccccc34)cc21. The van der Waals surface area contributed by atoms with E-state index in [1.807, 2.05) is 0 Å². The van der Waals surface area contributed by atoms with Crippen LogP contribution in [-0.4, -0.2) is 0 Å². The van der Waals surface area contributed by atoms with Crippen LogP contribution in [0.15, 0.2) is 156 Å². The number of hydrogen-bond donors (Lipinski definition) is 0. The predicted molar refractivity (Wildman–Crippen MR) is 235 cm³/mol. The molecule has 8 aromatic rings.